The first-order valence-corrected chi connectivity index (χ1v) is 3.73. The zero-order valence-corrected chi connectivity index (χ0v) is 6.98. The topological polar surface area (TPSA) is 12.5 Å². The summed E-state index contributed by atoms with van der Waals surface area (Å²) in [6.45, 7) is 6.17. The van der Waals surface area contributed by atoms with Gasteiger partial charge in [0.05, 0.1) is 6.61 Å². The van der Waals surface area contributed by atoms with Gasteiger partial charge in [0, 0.05) is 13.6 Å². The minimum Gasteiger partial charge on any atom is -0.479 e. The molecule has 1 saturated heterocycles. The van der Waals surface area contributed by atoms with E-state index in [1.165, 1.54) is 5.57 Å². The first kappa shape index (κ1) is 7.45. The van der Waals surface area contributed by atoms with E-state index in [0.717, 1.165) is 25.5 Å². The molecule has 0 N–H and O–H groups in total. The Balaban J connectivity index is 2.65. The Kier molecular flexibility index (Phi) is 2.20. The predicted molar refractivity (Wildman–Crippen MR) is 41.6 cm³/mol. The number of nitrogens with zero attached hydrogens (tertiary/aromatic N) is 1. The van der Waals surface area contributed by atoms with Crippen LogP contribution in [0.4, 0.5) is 0 Å². The lowest BCUT2D eigenvalue weighted by molar-refractivity contribution is 0.0766. The molecule has 0 aromatic heterocycles. The molecule has 2 heteroatoms. The molecule has 0 bridgehead atoms. The van der Waals surface area contributed by atoms with Gasteiger partial charge in [0.1, 0.15) is 0 Å². The van der Waals surface area contributed by atoms with Crippen LogP contribution in [0.1, 0.15) is 20.3 Å². The number of hydrogen-bond donors (Lipinski definition) is 0. The van der Waals surface area contributed by atoms with E-state index in [1.807, 2.05) is 0 Å². The van der Waals surface area contributed by atoms with Gasteiger partial charge < -0.3 is 9.64 Å². The van der Waals surface area contributed by atoms with Crippen LogP contribution in [-0.4, -0.2) is 25.1 Å². The maximum Gasteiger partial charge on any atom is 0.187 e. The first-order chi connectivity index (χ1) is 4.72. The van der Waals surface area contributed by atoms with E-state index in [9.17, 15) is 0 Å². The Labute approximate surface area is 62.5 Å². The summed E-state index contributed by atoms with van der Waals surface area (Å²) in [6.07, 6.45) is 1.15. The fourth-order valence-corrected chi connectivity index (χ4v) is 1.21. The molecular weight excluding hydrogens is 126 g/mol. The molecule has 0 unspecified atom stereocenters. The second kappa shape index (κ2) is 2.95. The molecule has 58 valence electrons. The highest BCUT2D eigenvalue weighted by Crippen LogP contribution is 2.14. The lowest BCUT2D eigenvalue weighted by atomic mass is 10.3. The summed E-state index contributed by atoms with van der Waals surface area (Å²) in [6, 6.07) is 0. The summed E-state index contributed by atoms with van der Waals surface area (Å²) < 4.78 is 5.46. The molecule has 1 rings (SSSR count). The van der Waals surface area contributed by atoms with Crippen molar-refractivity contribution < 1.29 is 4.74 Å². The average molecular weight is 141 g/mol. The number of allylic oxidation sites excluding steroid dienone is 1. The van der Waals surface area contributed by atoms with E-state index in [1.54, 1.807) is 0 Å². The van der Waals surface area contributed by atoms with Crippen molar-refractivity contribution in [1.82, 2.24) is 4.90 Å². The van der Waals surface area contributed by atoms with Crippen molar-refractivity contribution in [2.45, 2.75) is 20.3 Å². The molecule has 0 aromatic carbocycles. The highest BCUT2D eigenvalue weighted by molar-refractivity contribution is 5.02. The van der Waals surface area contributed by atoms with E-state index < -0.39 is 0 Å². The quantitative estimate of drug-likeness (QED) is 0.508. The minimum atomic E-state index is 0.880. The van der Waals surface area contributed by atoms with Gasteiger partial charge in [0.25, 0.3) is 0 Å². The van der Waals surface area contributed by atoms with E-state index in [-0.39, 0.29) is 0 Å². The van der Waals surface area contributed by atoms with Gasteiger partial charge in [0.2, 0.25) is 0 Å². The van der Waals surface area contributed by atoms with Crippen LogP contribution in [0.2, 0.25) is 0 Å². The van der Waals surface area contributed by atoms with Crippen LogP contribution < -0.4 is 0 Å². The summed E-state index contributed by atoms with van der Waals surface area (Å²) in [5.41, 5.74) is 1.27. The van der Waals surface area contributed by atoms with E-state index >= 15 is 0 Å². The van der Waals surface area contributed by atoms with Gasteiger partial charge in [-0.3, -0.25) is 0 Å². The zero-order chi connectivity index (χ0) is 7.56. The van der Waals surface area contributed by atoms with Crippen molar-refractivity contribution in [1.29, 1.82) is 0 Å². The first-order valence-electron chi connectivity index (χ1n) is 3.73. The molecule has 0 aliphatic carbocycles. The lowest BCUT2D eigenvalue weighted by Crippen LogP contribution is -2.28. The second-order valence-corrected chi connectivity index (χ2v) is 2.93. The van der Waals surface area contributed by atoms with Gasteiger partial charge in [-0.2, -0.15) is 0 Å². The molecule has 1 heterocycles. The van der Waals surface area contributed by atoms with Gasteiger partial charge in [0.15, 0.2) is 5.88 Å². The lowest BCUT2D eigenvalue weighted by Gasteiger charge is -2.28. The summed E-state index contributed by atoms with van der Waals surface area (Å²) in [7, 11) is 2.07. The SMILES string of the molecule is CC(C)=C1OCCCN1C. The Morgan fingerprint density at radius 2 is 2.20 bits per heavy atom. The van der Waals surface area contributed by atoms with Gasteiger partial charge in [-0.05, 0) is 25.8 Å². The molecule has 0 spiro atoms. The van der Waals surface area contributed by atoms with Gasteiger partial charge in [-0.15, -0.1) is 0 Å². The highest BCUT2D eigenvalue weighted by Gasteiger charge is 2.11. The Morgan fingerprint density at radius 1 is 1.50 bits per heavy atom. The van der Waals surface area contributed by atoms with Crippen LogP contribution >= 0.6 is 0 Å². The Bertz CT molecular complexity index is 147. The maximum absolute atomic E-state index is 5.46. The van der Waals surface area contributed by atoms with Crippen LogP contribution in [0.15, 0.2) is 11.5 Å². The summed E-state index contributed by atoms with van der Waals surface area (Å²) in [5, 5.41) is 0. The summed E-state index contributed by atoms with van der Waals surface area (Å²) >= 11 is 0. The molecule has 1 aliphatic heterocycles. The number of rotatable bonds is 0. The average Bonchev–Trinajstić information content (AvgIpc) is 1.88. The van der Waals surface area contributed by atoms with Crippen LogP contribution in [0, 0.1) is 0 Å². The standard InChI is InChI=1S/C8H15NO/c1-7(2)8-9(3)5-4-6-10-8/h4-6H2,1-3H3. The zero-order valence-electron chi connectivity index (χ0n) is 6.98. The molecule has 10 heavy (non-hydrogen) atoms. The maximum atomic E-state index is 5.46. The van der Waals surface area contributed by atoms with Crippen molar-refractivity contribution in [3.8, 4) is 0 Å². The molecule has 0 aromatic rings. The molecule has 0 radical (unpaired) electrons. The third-order valence-corrected chi connectivity index (χ3v) is 1.65. The van der Waals surface area contributed by atoms with Gasteiger partial charge in [-0.1, -0.05) is 0 Å². The number of hydrogen-bond acceptors (Lipinski definition) is 2. The summed E-state index contributed by atoms with van der Waals surface area (Å²) in [4.78, 5) is 2.17. The van der Waals surface area contributed by atoms with Crippen LogP contribution in [0.3, 0.4) is 0 Å². The van der Waals surface area contributed by atoms with E-state index in [2.05, 4.69) is 25.8 Å². The molecule has 0 amide bonds. The van der Waals surface area contributed by atoms with Crippen molar-refractivity contribution in [3.05, 3.63) is 11.5 Å². The molecule has 1 fully saturated rings. The van der Waals surface area contributed by atoms with Crippen LogP contribution in [0.5, 0.6) is 0 Å². The predicted octanol–water partition coefficient (Wildman–Crippen LogP) is 1.59. The minimum absolute atomic E-state index is 0.880. The fourth-order valence-electron chi connectivity index (χ4n) is 1.21. The second-order valence-electron chi connectivity index (χ2n) is 2.93. The van der Waals surface area contributed by atoms with Crippen molar-refractivity contribution in [2.24, 2.45) is 0 Å². The van der Waals surface area contributed by atoms with Gasteiger partial charge in [-0.25, -0.2) is 0 Å². The fraction of sp³-hybridized carbons (Fsp3) is 0.750. The number of ether oxygens (including phenoxy) is 1. The van der Waals surface area contributed by atoms with Crippen molar-refractivity contribution in [3.63, 3.8) is 0 Å². The van der Waals surface area contributed by atoms with E-state index in [0.29, 0.717) is 0 Å². The van der Waals surface area contributed by atoms with Gasteiger partial charge >= 0.3 is 0 Å². The molecule has 1 aliphatic rings. The normalized spacial score (nSPS) is 18.7. The smallest absolute Gasteiger partial charge is 0.187 e. The van der Waals surface area contributed by atoms with Crippen molar-refractivity contribution >= 4 is 0 Å². The largest absolute Gasteiger partial charge is 0.479 e. The third kappa shape index (κ3) is 1.43. The Morgan fingerprint density at radius 3 is 2.60 bits per heavy atom. The molecule has 0 atom stereocenters. The Hall–Kier alpha value is -0.660. The third-order valence-electron chi connectivity index (χ3n) is 1.65. The molecule has 2 nitrogen and oxygen atoms in total. The van der Waals surface area contributed by atoms with E-state index in [4.69, 9.17) is 4.74 Å². The monoisotopic (exact) mass is 141 g/mol. The highest BCUT2D eigenvalue weighted by atomic mass is 16.5. The van der Waals surface area contributed by atoms with Crippen LogP contribution in [-0.2, 0) is 4.74 Å². The molecular formula is C8H15NO. The van der Waals surface area contributed by atoms with Crippen LogP contribution in [0.25, 0.3) is 0 Å². The molecule has 0 saturated carbocycles. The summed E-state index contributed by atoms with van der Waals surface area (Å²) in [5.74, 6) is 1.06. The van der Waals surface area contributed by atoms with Crippen molar-refractivity contribution in [2.75, 3.05) is 20.2 Å².